The van der Waals surface area contributed by atoms with E-state index < -0.39 is 0 Å². The summed E-state index contributed by atoms with van der Waals surface area (Å²) in [5.41, 5.74) is 1.10. The van der Waals surface area contributed by atoms with E-state index in [-0.39, 0.29) is 5.83 Å². The Morgan fingerprint density at radius 1 is 1.18 bits per heavy atom. The summed E-state index contributed by atoms with van der Waals surface area (Å²) in [6.45, 7) is 3.00. The predicted octanol–water partition coefficient (Wildman–Crippen LogP) is 2.91. The molecular weight excluding hydrogens is 215 g/mol. The number of halogens is 1. The van der Waals surface area contributed by atoms with Crippen LogP contribution in [-0.2, 0) is 0 Å². The molecule has 2 aliphatic rings. The van der Waals surface area contributed by atoms with E-state index in [2.05, 4.69) is 10.6 Å². The van der Waals surface area contributed by atoms with Crippen LogP contribution in [0.15, 0.2) is 11.4 Å². The van der Waals surface area contributed by atoms with E-state index >= 15 is 0 Å². The monoisotopic (exact) mass is 240 g/mol. The van der Waals surface area contributed by atoms with Gasteiger partial charge in [0.2, 0.25) is 0 Å². The summed E-state index contributed by atoms with van der Waals surface area (Å²) in [5, 5.41) is 6.82. The third-order valence-electron chi connectivity index (χ3n) is 3.96. The summed E-state index contributed by atoms with van der Waals surface area (Å²) >= 11 is 0. The smallest absolute Gasteiger partial charge is 0.100 e. The van der Waals surface area contributed by atoms with E-state index in [1.807, 2.05) is 0 Å². The molecule has 1 saturated carbocycles. The lowest BCUT2D eigenvalue weighted by atomic mass is 9.93. The maximum atomic E-state index is 13.9. The van der Waals surface area contributed by atoms with Gasteiger partial charge in [-0.15, -0.1) is 0 Å². The lowest BCUT2D eigenvalue weighted by Crippen LogP contribution is -2.40. The van der Waals surface area contributed by atoms with E-state index in [0.717, 1.165) is 38.0 Å². The number of allylic oxidation sites excluding steroid dienone is 1. The molecule has 0 spiro atoms. The second-order valence-electron chi connectivity index (χ2n) is 5.30. The molecule has 0 bridgehead atoms. The van der Waals surface area contributed by atoms with Gasteiger partial charge in [-0.3, -0.25) is 0 Å². The first-order chi connectivity index (χ1) is 8.36. The third kappa shape index (κ3) is 4.40. The highest BCUT2D eigenvalue weighted by Crippen LogP contribution is 2.27. The largest absolute Gasteiger partial charge is 0.317 e. The van der Waals surface area contributed by atoms with Gasteiger partial charge in [0.25, 0.3) is 0 Å². The molecule has 0 aromatic carbocycles. The summed E-state index contributed by atoms with van der Waals surface area (Å²) in [6, 6.07) is 0.598. The number of rotatable bonds is 4. The molecule has 2 fully saturated rings. The zero-order valence-electron chi connectivity index (χ0n) is 10.7. The Bertz CT molecular complexity index is 249. The van der Waals surface area contributed by atoms with Gasteiger partial charge in [-0.05, 0) is 57.2 Å². The fourth-order valence-corrected chi connectivity index (χ4v) is 2.84. The molecule has 0 aromatic heterocycles. The van der Waals surface area contributed by atoms with Crippen molar-refractivity contribution in [1.29, 1.82) is 0 Å². The van der Waals surface area contributed by atoms with Crippen LogP contribution in [0.25, 0.3) is 0 Å². The molecule has 0 atom stereocenters. The van der Waals surface area contributed by atoms with Gasteiger partial charge in [0.15, 0.2) is 0 Å². The highest BCUT2D eigenvalue weighted by molar-refractivity contribution is 5.10. The van der Waals surface area contributed by atoms with Crippen molar-refractivity contribution in [2.75, 3.05) is 19.6 Å². The van der Waals surface area contributed by atoms with Crippen molar-refractivity contribution in [2.24, 2.45) is 0 Å². The molecule has 2 nitrogen and oxygen atoms in total. The number of piperidine rings is 1. The number of hydrogen-bond acceptors (Lipinski definition) is 2. The fourth-order valence-electron chi connectivity index (χ4n) is 2.84. The summed E-state index contributed by atoms with van der Waals surface area (Å²) in [7, 11) is 0. The van der Waals surface area contributed by atoms with Crippen LogP contribution in [0.2, 0.25) is 0 Å². The van der Waals surface area contributed by atoms with Crippen LogP contribution in [-0.4, -0.2) is 25.7 Å². The first-order valence-corrected chi connectivity index (χ1v) is 7.17. The van der Waals surface area contributed by atoms with E-state index in [1.54, 1.807) is 0 Å². The minimum absolute atomic E-state index is 0.172. The second-order valence-corrected chi connectivity index (χ2v) is 5.30. The molecule has 0 radical (unpaired) electrons. The van der Waals surface area contributed by atoms with Gasteiger partial charge in [0.05, 0.1) is 0 Å². The van der Waals surface area contributed by atoms with Gasteiger partial charge in [-0.2, -0.15) is 0 Å². The number of hydrogen-bond donors (Lipinski definition) is 2. The average Bonchev–Trinajstić information content (AvgIpc) is 2.41. The Morgan fingerprint density at radius 2 is 1.88 bits per heavy atom. The zero-order chi connectivity index (χ0) is 11.9. The van der Waals surface area contributed by atoms with Crippen molar-refractivity contribution >= 4 is 0 Å². The standard InChI is InChI=1S/C14H25FN2/c15-14(12-4-2-1-3-5-12)8-11-17-13-6-9-16-10-7-13/h13,16-17H,1-11H2. The van der Waals surface area contributed by atoms with Crippen LogP contribution >= 0.6 is 0 Å². The number of nitrogens with one attached hydrogen (secondary N) is 2. The quantitative estimate of drug-likeness (QED) is 0.789. The molecule has 1 aliphatic heterocycles. The Balaban J connectivity index is 1.66. The Kier molecular flexibility index (Phi) is 5.46. The van der Waals surface area contributed by atoms with Crippen LogP contribution < -0.4 is 10.6 Å². The van der Waals surface area contributed by atoms with Crippen LogP contribution in [0.1, 0.15) is 51.4 Å². The van der Waals surface area contributed by atoms with Crippen molar-refractivity contribution < 1.29 is 4.39 Å². The lowest BCUT2D eigenvalue weighted by Gasteiger charge is -2.23. The van der Waals surface area contributed by atoms with Gasteiger partial charge in [0.1, 0.15) is 5.83 Å². The van der Waals surface area contributed by atoms with Gasteiger partial charge < -0.3 is 10.6 Å². The molecule has 3 heteroatoms. The summed E-state index contributed by atoms with van der Waals surface area (Å²) in [5.74, 6) is 0.172. The molecule has 0 aromatic rings. The average molecular weight is 240 g/mol. The van der Waals surface area contributed by atoms with E-state index in [0.29, 0.717) is 12.5 Å². The first-order valence-electron chi connectivity index (χ1n) is 7.17. The molecule has 1 aliphatic carbocycles. The molecule has 0 unspecified atom stereocenters. The van der Waals surface area contributed by atoms with E-state index in [1.165, 1.54) is 32.1 Å². The predicted molar refractivity (Wildman–Crippen MR) is 69.7 cm³/mol. The molecule has 17 heavy (non-hydrogen) atoms. The summed E-state index contributed by atoms with van der Waals surface area (Å²) < 4.78 is 13.9. The van der Waals surface area contributed by atoms with E-state index in [9.17, 15) is 4.39 Å². The Labute approximate surface area is 104 Å². The maximum absolute atomic E-state index is 13.9. The molecule has 0 amide bonds. The van der Waals surface area contributed by atoms with Gasteiger partial charge >= 0.3 is 0 Å². The van der Waals surface area contributed by atoms with Crippen LogP contribution in [0.5, 0.6) is 0 Å². The molecule has 1 saturated heterocycles. The molecule has 98 valence electrons. The van der Waals surface area contributed by atoms with Crippen LogP contribution in [0.4, 0.5) is 4.39 Å². The van der Waals surface area contributed by atoms with Crippen LogP contribution in [0, 0.1) is 0 Å². The maximum Gasteiger partial charge on any atom is 0.100 e. The first kappa shape index (κ1) is 13.0. The van der Waals surface area contributed by atoms with Crippen molar-refractivity contribution in [3.8, 4) is 0 Å². The lowest BCUT2D eigenvalue weighted by molar-refractivity contribution is 0.383. The highest BCUT2D eigenvalue weighted by atomic mass is 19.1. The molecule has 1 heterocycles. The van der Waals surface area contributed by atoms with Crippen molar-refractivity contribution in [3.05, 3.63) is 11.4 Å². The summed E-state index contributed by atoms with van der Waals surface area (Å²) in [6.07, 6.45) is 8.60. The van der Waals surface area contributed by atoms with Crippen molar-refractivity contribution in [1.82, 2.24) is 10.6 Å². The summed E-state index contributed by atoms with van der Waals surface area (Å²) in [4.78, 5) is 0. The highest BCUT2D eigenvalue weighted by Gasteiger charge is 2.14. The second kappa shape index (κ2) is 7.12. The molecule has 2 rings (SSSR count). The Hall–Kier alpha value is -0.410. The normalized spacial score (nSPS) is 22.8. The minimum Gasteiger partial charge on any atom is -0.317 e. The van der Waals surface area contributed by atoms with Crippen LogP contribution in [0.3, 0.4) is 0 Å². The van der Waals surface area contributed by atoms with Crippen molar-refractivity contribution in [3.63, 3.8) is 0 Å². The third-order valence-corrected chi connectivity index (χ3v) is 3.96. The van der Waals surface area contributed by atoms with Gasteiger partial charge in [-0.1, -0.05) is 6.42 Å². The molecule has 2 N–H and O–H groups in total. The van der Waals surface area contributed by atoms with Gasteiger partial charge in [-0.25, -0.2) is 4.39 Å². The fraction of sp³-hybridized carbons (Fsp3) is 0.857. The zero-order valence-corrected chi connectivity index (χ0v) is 10.7. The Morgan fingerprint density at radius 3 is 2.59 bits per heavy atom. The van der Waals surface area contributed by atoms with E-state index in [4.69, 9.17) is 0 Å². The molecular formula is C14H25FN2. The minimum atomic E-state index is 0.172. The topological polar surface area (TPSA) is 24.1 Å². The van der Waals surface area contributed by atoms with Crippen molar-refractivity contribution in [2.45, 2.75) is 57.4 Å². The van der Waals surface area contributed by atoms with Gasteiger partial charge in [0, 0.05) is 19.0 Å². The SMILES string of the molecule is FC(CCNC1CCNCC1)=C1CCCCC1.